The first kappa shape index (κ1) is 27.6. The van der Waals surface area contributed by atoms with Gasteiger partial charge in [-0.05, 0) is 48.7 Å². The fourth-order valence-electron chi connectivity index (χ4n) is 5.76. The molecule has 2 bridgehead atoms. The van der Waals surface area contributed by atoms with Crippen molar-refractivity contribution in [2.75, 3.05) is 46.1 Å². The molecule has 42 heavy (non-hydrogen) atoms. The van der Waals surface area contributed by atoms with Crippen LogP contribution in [-0.4, -0.2) is 88.4 Å². The van der Waals surface area contributed by atoms with E-state index in [1.165, 1.54) is 6.33 Å². The number of likely N-dealkylation sites (tertiary alicyclic amines) is 1. The summed E-state index contributed by atoms with van der Waals surface area (Å²) in [7, 11) is 0. The molecule has 1 aromatic heterocycles. The fraction of sp³-hybridized carbons (Fsp3) is 0.433. The largest absolute Gasteiger partial charge is 0.492 e. The second-order valence-corrected chi connectivity index (χ2v) is 10.7. The van der Waals surface area contributed by atoms with E-state index in [4.69, 9.17) is 14.2 Å². The van der Waals surface area contributed by atoms with Crippen molar-refractivity contribution in [3.8, 4) is 17.2 Å². The molecule has 0 aliphatic carbocycles. The first-order valence-electron chi connectivity index (χ1n) is 14.3. The Hall–Kier alpha value is -4.61. The van der Waals surface area contributed by atoms with E-state index in [1.54, 1.807) is 39.0 Å². The van der Waals surface area contributed by atoms with Crippen LogP contribution in [0.5, 0.6) is 17.2 Å². The summed E-state index contributed by atoms with van der Waals surface area (Å²) in [5.41, 5.74) is 1.46. The number of aryl methyl sites for hydroxylation is 1. The highest BCUT2D eigenvalue weighted by atomic mass is 16.7. The van der Waals surface area contributed by atoms with Crippen molar-refractivity contribution in [3.63, 3.8) is 0 Å². The highest BCUT2D eigenvalue weighted by molar-refractivity contribution is 5.95. The zero-order chi connectivity index (χ0) is 28.9. The van der Waals surface area contributed by atoms with Gasteiger partial charge in [-0.1, -0.05) is 12.1 Å². The molecule has 0 spiro atoms. The number of aromatic nitrogens is 3. The summed E-state index contributed by atoms with van der Waals surface area (Å²) in [6.45, 7) is 3.15. The minimum absolute atomic E-state index is 0.0263. The third kappa shape index (κ3) is 6.17. The highest BCUT2D eigenvalue weighted by Gasteiger charge is 2.40. The predicted molar refractivity (Wildman–Crippen MR) is 150 cm³/mol. The summed E-state index contributed by atoms with van der Waals surface area (Å²) in [6.07, 6.45) is 4.71. The van der Waals surface area contributed by atoms with E-state index in [2.05, 4.69) is 15.4 Å². The van der Waals surface area contributed by atoms with Gasteiger partial charge in [-0.2, -0.15) is 5.10 Å². The van der Waals surface area contributed by atoms with Gasteiger partial charge >= 0.3 is 0 Å². The van der Waals surface area contributed by atoms with E-state index >= 15 is 0 Å². The summed E-state index contributed by atoms with van der Waals surface area (Å²) in [6, 6.07) is 12.9. The first-order chi connectivity index (χ1) is 20.5. The van der Waals surface area contributed by atoms with E-state index in [9.17, 15) is 14.4 Å². The Kier molecular flexibility index (Phi) is 8.20. The molecule has 12 heteroatoms. The number of nitrogens with one attached hydrogen (secondary N) is 1. The Morgan fingerprint density at radius 2 is 1.86 bits per heavy atom. The Balaban J connectivity index is 1.13. The molecule has 1 saturated heterocycles. The second kappa shape index (κ2) is 12.5. The SMILES string of the molecule is O=C1NCCCN(C(=O)c2ccc3c(c2)OCO3)CCOc2cccc(c2)[C@H]2CN(C(=O)CCCn3cncn3)C[C@H]12. The average Bonchev–Trinajstić information content (AvgIpc) is 3.78. The van der Waals surface area contributed by atoms with E-state index in [1.807, 2.05) is 24.3 Å². The summed E-state index contributed by atoms with van der Waals surface area (Å²) in [5.74, 6) is 1.12. The van der Waals surface area contributed by atoms with E-state index in [0.29, 0.717) is 87.9 Å². The number of amides is 3. The molecular weight excluding hydrogens is 540 g/mol. The monoisotopic (exact) mass is 574 g/mol. The van der Waals surface area contributed by atoms with Crippen molar-refractivity contribution >= 4 is 17.7 Å². The fourth-order valence-corrected chi connectivity index (χ4v) is 5.76. The molecule has 0 saturated carbocycles. The van der Waals surface area contributed by atoms with Crippen LogP contribution in [0, 0.1) is 5.92 Å². The molecule has 2 atom stereocenters. The van der Waals surface area contributed by atoms with Crippen LogP contribution in [0.25, 0.3) is 0 Å². The molecule has 3 aliphatic rings. The molecule has 4 heterocycles. The van der Waals surface area contributed by atoms with Crippen molar-refractivity contribution in [1.82, 2.24) is 29.9 Å². The Morgan fingerprint density at radius 3 is 2.74 bits per heavy atom. The van der Waals surface area contributed by atoms with Gasteiger partial charge in [-0.25, -0.2) is 4.98 Å². The molecule has 0 radical (unpaired) electrons. The number of hydrogen-bond acceptors (Lipinski definition) is 8. The molecule has 3 aromatic rings. The molecule has 220 valence electrons. The second-order valence-electron chi connectivity index (χ2n) is 10.7. The molecule has 3 aliphatic heterocycles. The van der Waals surface area contributed by atoms with Gasteiger partial charge in [0.05, 0.1) is 12.5 Å². The van der Waals surface area contributed by atoms with Crippen LogP contribution in [-0.2, 0) is 16.1 Å². The summed E-state index contributed by atoms with van der Waals surface area (Å²) in [4.78, 5) is 47.4. The van der Waals surface area contributed by atoms with Gasteiger partial charge < -0.3 is 29.3 Å². The lowest BCUT2D eigenvalue weighted by Gasteiger charge is -2.25. The average molecular weight is 575 g/mol. The number of fused-ring (bicyclic) bond motifs is 5. The summed E-state index contributed by atoms with van der Waals surface area (Å²) >= 11 is 0. The number of carbonyl (C=O) groups is 3. The lowest BCUT2D eigenvalue weighted by Crippen LogP contribution is -2.39. The number of benzene rings is 2. The van der Waals surface area contributed by atoms with Crippen molar-refractivity contribution in [3.05, 3.63) is 66.2 Å². The predicted octanol–water partition coefficient (Wildman–Crippen LogP) is 2.07. The number of nitrogens with zero attached hydrogens (tertiary/aromatic N) is 5. The van der Waals surface area contributed by atoms with Crippen LogP contribution < -0.4 is 19.5 Å². The van der Waals surface area contributed by atoms with Gasteiger partial charge in [0.1, 0.15) is 25.0 Å². The summed E-state index contributed by atoms with van der Waals surface area (Å²) < 4.78 is 18.6. The molecule has 1 N–H and O–H groups in total. The van der Waals surface area contributed by atoms with Crippen molar-refractivity contribution in [2.24, 2.45) is 5.92 Å². The summed E-state index contributed by atoms with van der Waals surface area (Å²) in [5, 5.41) is 7.16. The maximum Gasteiger partial charge on any atom is 0.254 e. The van der Waals surface area contributed by atoms with Crippen LogP contribution in [0.1, 0.15) is 41.1 Å². The molecule has 6 rings (SSSR count). The molecule has 2 aromatic carbocycles. The lowest BCUT2D eigenvalue weighted by atomic mass is 9.88. The maximum absolute atomic E-state index is 13.4. The number of carbonyl (C=O) groups excluding carboxylic acids is 3. The molecule has 0 unspecified atom stereocenters. The van der Waals surface area contributed by atoms with Crippen molar-refractivity contribution in [1.29, 1.82) is 0 Å². The van der Waals surface area contributed by atoms with Crippen LogP contribution in [0.2, 0.25) is 0 Å². The molecular formula is C30H34N6O6. The van der Waals surface area contributed by atoms with Crippen molar-refractivity contribution < 1.29 is 28.6 Å². The number of rotatable bonds is 5. The smallest absolute Gasteiger partial charge is 0.254 e. The maximum atomic E-state index is 13.4. The van der Waals surface area contributed by atoms with Crippen LogP contribution in [0.3, 0.4) is 0 Å². The van der Waals surface area contributed by atoms with Gasteiger partial charge in [-0.15, -0.1) is 0 Å². The normalized spacial score (nSPS) is 20.3. The first-order valence-corrected chi connectivity index (χ1v) is 14.3. The number of hydrogen-bond donors (Lipinski definition) is 1. The van der Waals surface area contributed by atoms with Gasteiger partial charge in [0.2, 0.25) is 18.6 Å². The highest BCUT2D eigenvalue weighted by Crippen LogP contribution is 2.35. The lowest BCUT2D eigenvalue weighted by molar-refractivity contribution is -0.130. The van der Waals surface area contributed by atoms with Gasteiger partial charge in [0.15, 0.2) is 11.5 Å². The third-order valence-electron chi connectivity index (χ3n) is 7.98. The zero-order valence-electron chi connectivity index (χ0n) is 23.3. The molecule has 12 nitrogen and oxygen atoms in total. The third-order valence-corrected chi connectivity index (χ3v) is 7.98. The van der Waals surface area contributed by atoms with Crippen molar-refractivity contribution in [2.45, 2.75) is 31.7 Å². The molecule has 3 amide bonds. The standard InChI is InChI=1S/C30H34N6O6/c37-28(6-2-11-36-19-31-18-33-36)35-16-24-21-4-1-5-23(14-21)40-13-12-34(10-3-9-32-29(38)25(24)17-35)30(39)22-7-8-26-27(15-22)42-20-41-26/h1,4-5,7-8,14-15,18-19,24-25H,2-3,6,9-13,16-17,20H2,(H,32,38)/t24-,25+/m1/s1. The zero-order valence-corrected chi connectivity index (χ0v) is 23.3. The Morgan fingerprint density at radius 1 is 0.976 bits per heavy atom. The van der Waals surface area contributed by atoms with Gasteiger partial charge in [0.25, 0.3) is 5.91 Å². The quantitative estimate of drug-likeness (QED) is 0.491. The van der Waals surface area contributed by atoms with Crippen LogP contribution >= 0.6 is 0 Å². The van der Waals surface area contributed by atoms with Gasteiger partial charge in [-0.3, -0.25) is 19.1 Å². The Bertz CT molecular complexity index is 1430. The van der Waals surface area contributed by atoms with Gasteiger partial charge in [0, 0.05) is 50.6 Å². The molecule has 1 fully saturated rings. The van der Waals surface area contributed by atoms with E-state index in [0.717, 1.165) is 5.56 Å². The minimum Gasteiger partial charge on any atom is -0.492 e. The number of ether oxygens (including phenoxy) is 3. The van der Waals surface area contributed by atoms with E-state index in [-0.39, 0.29) is 36.4 Å². The van der Waals surface area contributed by atoms with Crippen LogP contribution in [0.4, 0.5) is 0 Å². The van der Waals surface area contributed by atoms with E-state index < -0.39 is 0 Å². The van der Waals surface area contributed by atoms with Crippen LogP contribution in [0.15, 0.2) is 55.1 Å². The minimum atomic E-state index is -0.381. The Labute approximate surface area is 243 Å². The topological polar surface area (TPSA) is 128 Å².